The fraction of sp³-hybridized carbons (Fsp3) is 0.176. The van der Waals surface area contributed by atoms with Gasteiger partial charge >= 0.3 is 0 Å². The van der Waals surface area contributed by atoms with Crippen molar-refractivity contribution in [1.82, 2.24) is 5.43 Å². The summed E-state index contributed by atoms with van der Waals surface area (Å²) in [4.78, 5) is 11.8. The number of carbonyl (C=O) groups is 1. The van der Waals surface area contributed by atoms with Gasteiger partial charge in [0.1, 0.15) is 11.5 Å². The van der Waals surface area contributed by atoms with Crippen LogP contribution in [0.15, 0.2) is 41.5 Å². The van der Waals surface area contributed by atoms with Gasteiger partial charge in [0, 0.05) is 9.13 Å². The Bertz CT molecular complexity index is 763. The van der Waals surface area contributed by atoms with E-state index in [4.69, 9.17) is 9.47 Å². The van der Waals surface area contributed by atoms with Crippen molar-refractivity contribution in [3.05, 3.63) is 54.7 Å². The van der Waals surface area contributed by atoms with Crippen molar-refractivity contribution in [2.24, 2.45) is 5.10 Å². The molecule has 5 nitrogen and oxygen atoms in total. The quantitative estimate of drug-likeness (QED) is 0.339. The number of nitrogens with one attached hydrogen (secondary N) is 1. The normalized spacial score (nSPS) is 10.7. The van der Waals surface area contributed by atoms with Crippen molar-refractivity contribution in [1.29, 1.82) is 0 Å². The van der Waals surface area contributed by atoms with Crippen molar-refractivity contribution < 1.29 is 14.3 Å². The van der Waals surface area contributed by atoms with E-state index < -0.39 is 0 Å². The molecule has 0 aromatic heterocycles. The third-order valence-corrected chi connectivity index (χ3v) is 4.42. The summed E-state index contributed by atoms with van der Waals surface area (Å²) in [5.74, 6) is 1.06. The van der Waals surface area contributed by atoms with Crippen LogP contribution in [0.5, 0.6) is 11.5 Å². The molecule has 0 spiro atoms. The number of amides is 1. The highest BCUT2D eigenvalue weighted by Gasteiger charge is 2.08. The second-order valence-electron chi connectivity index (χ2n) is 4.91. The van der Waals surface area contributed by atoms with Crippen LogP contribution in [-0.2, 0) is 4.79 Å². The van der Waals surface area contributed by atoms with Crippen LogP contribution in [0.25, 0.3) is 0 Å². The zero-order valence-electron chi connectivity index (χ0n) is 13.2. The standard InChI is InChI=1S/C17H16I2N2O3/c1-11-4-3-5-14(6-11)24-10-16(22)21-20-9-12-7-13(18)8-15(19)17(12)23-2/h3-9H,10H2,1-2H3,(H,21,22)/b20-9+. The molecule has 2 rings (SSSR count). The molecule has 1 N–H and O–H groups in total. The number of ether oxygens (including phenoxy) is 2. The summed E-state index contributed by atoms with van der Waals surface area (Å²) in [5, 5.41) is 3.97. The van der Waals surface area contributed by atoms with Crippen LogP contribution < -0.4 is 14.9 Å². The van der Waals surface area contributed by atoms with Crippen LogP contribution in [0.2, 0.25) is 0 Å². The number of benzene rings is 2. The first-order valence-electron chi connectivity index (χ1n) is 7.04. The molecule has 0 heterocycles. The Hall–Kier alpha value is -1.36. The van der Waals surface area contributed by atoms with Crippen molar-refractivity contribution >= 4 is 57.3 Å². The first-order chi connectivity index (χ1) is 11.5. The summed E-state index contributed by atoms with van der Waals surface area (Å²) in [6.07, 6.45) is 1.56. The van der Waals surface area contributed by atoms with E-state index in [1.807, 2.05) is 43.3 Å². The molecule has 1 amide bonds. The second-order valence-corrected chi connectivity index (χ2v) is 7.32. The maximum absolute atomic E-state index is 11.8. The van der Waals surface area contributed by atoms with Gasteiger partial charge in [-0.25, -0.2) is 5.43 Å². The van der Waals surface area contributed by atoms with Gasteiger partial charge in [0.15, 0.2) is 6.61 Å². The average molecular weight is 550 g/mol. The summed E-state index contributed by atoms with van der Waals surface area (Å²) in [5.41, 5.74) is 4.33. The van der Waals surface area contributed by atoms with Crippen molar-refractivity contribution in [3.63, 3.8) is 0 Å². The number of nitrogens with zero attached hydrogens (tertiary/aromatic N) is 1. The van der Waals surface area contributed by atoms with Crippen molar-refractivity contribution in [3.8, 4) is 11.5 Å². The van der Waals surface area contributed by atoms with Crippen molar-refractivity contribution in [2.75, 3.05) is 13.7 Å². The predicted octanol–water partition coefficient (Wildman–Crippen LogP) is 3.74. The van der Waals surface area contributed by atoms with Crippen LogP contribution in [0.3, 0.4) is 0 Å². The summed E-state index contributed by atoms with van der Waals surface area (Å²) in [6.45, 7) is 1.87. The summed E-state index contributed by atoms with van der Waals surface area (Å²) in [6, 6.07) is 11.5. The van der Waals surface area contributed by atoms with E-state index in [9.17, 15) is 4.79 Å². The summed E-state index contributed by atoms with van der Waals surface area (Å²) >= 11 is 4.42. The lowest BCUT2D eigenvalue weighted by Gasteiger charge is -2.08. The highest BCUT2D eigenvalue weighted by atomic mass is 127. The number of hydrogen-bond donors (Lipinski definition) is 1. The molecule has 0 saturated carbocycles. The van der Waals surface area contributed by atoms with E-state index in [0.717, 1.165) is 24.0 Å². The van der Waals surface area contributed by atoms with E-state index in [2.05, 4.69) is 55.7 Å². The maximum atomic E-state index is 11.8. The lowest BCUT2D eigenvalue weighted by atomic mass is 10.2. The predicted molar refractivity (Wildman–Crippen MR) is 111 cm³/mol. The molecule has 0 radical (unpaired) electrons. The molecule has 0 aliphatic carbocycles. The summed E-state index contributed by atoms with van der Waals surface area (Å²) < 4.78 is 12.8. The number of hydrogen-bond acceptors (Lipinski definition) is 4. The fourth-order valence-corrected chi connectivity index (χ4v) is 4.06. The maximum Gasteiger partial charge on any atom is 0.277 e. The van der Waals surface area contributed by atoms with E-state index in [-0.39, 0.29) is 12.5 Å². The Morgan fingerprint density at radius 2 is 2.08 bits per heavy atom. The SMILES string of the molecule is COc1c(I)cc(I)cc1/C=N/NC(=O)COc1cccc(C)c1. The van der Waals surface area contributed by atoms with E-state index >= 15 is 0 Å². The van der Waals surface area contributed by atoms with Gasteiger partial charge in [0.05, 0.1) is 16.9 Å². The van der Waals surface area contributed by atoms with Gasteiger partial charge in [-0.3, -0.25) is 4.79 Å². The van der Waals surface area contributed by atoms with E-state index in [1.54, 1.807) is 13.3 Å². The highest BCUT2D eigenvalue weighted by Crippen LogP contribution is 2.26. The number of carbonyl (C=O) groups excluding carboxylic acids is 1. The van der Waals surface area contributed by atoms with Crippen LogP contribution in [0.1, 0.15) is 11.1 Å². The number of methoxy groups -OCH3 is 1. The Labute approximate surface area is 168 Å². The topological polar surface area (TPSA) is 59.9 Å². The molecule has 2 aromatic rings. The van der Waals surface area contributed by atoms with Crippen LogP contribution in [-0.4, -0.2) is 25.8 Å². The molecule has 0 unspecified atom stereocenters. The minimum Gasteiger partial charge on any atom is -0.495 e. The third-order valence-electron chi connectivity index (χ3n) is 2.99. The smallest absolute Gasteiger partial charge is 0.277 e. The lowest BCUT2D eigenvalue weighted by molar-refractivity contribution is -0.123. The van der Waals surface area contributed by atoms with Crippen LogP contribution in [0.4, 0.5) is 0 Å². The monoisotopic (exact) mass is 550 g/mol. The third kappa shape index (κ3) is 5.62. The Balaban J connectivity index is 1.93. The fourth-order valence-electron chi connectivity index (χ4n) is 1.95. The van der Waals surface area contributed by atoms with Gasteiger partial charge in [0.2, 0.25) is 0 Å². The molecule has 7 heteroatoms. The van der Waals surface area contributed by atoms with Crippen LogP contribution in [0, 0.1) is 14.1 Å². The van der Waals surface area contributed by atoms with Crippen molar-refractivity contribution in [2.45, 2.75) is 6.92 Å². The van der Waals surface area contributed by atoms with Gasteiger partial charge in [-0.15, -0.1) is 0 Å². The van der Waals surface area contributed by atoms with Gasteiger partial charge in [-0.05, 0) is 81.9 Å². The molecule has 0 atom stereocenters. The lowest BCUT2D eigenvalue weighted by Crippen LogP contribution is -2.24. The van der Waals surface area contributed by atoms with Gasteiger partial charge in [0.25, 0.3) is 5.91 Å². The van der Waals surface area contributed by atoms with E-state index in [1.165, 1.54) is 0 Å². The Morgan fingerprint density at radius 3 is 2.79 bits per heavy atom. The van der Waals surface area contributed by atoms with Crippen LogP contribution >= 0.6 is 45.2 Å². The highest BCUT2D eigenvalue weighted by molar-refractivity contribution is 14.1. The number of hydrazone groups is 1. The number of aryl methyl sites for hydroxylation is 1. The van der Waals surface area contributed by atoms with E-state index in [0.29, 0.717) is 5.75 Å². The first-order valence-corrected chi connectivity index (χ1v) is 9.19. The minimum atomic E-state index is -0.327. The molecule has 126 valence electrons. The zero-order chi connectivity index (χ0) is 17.5. The molecule has 0 aliphatic rings. The molecule has 0 bridgehead atoms. The molecule has 0 aliphatic heterocycles. The average Bonchev–Trinajstić information content (AvgIpc) is 2.53. The molecule has 2 aromatic carbocycles. The minimum absolute atomic E-state index is 0.0954. The first kappa shape index (κ1) is 19.0. The molecular weight excluding hydrogens is 534 g/mol. The Kier molecular flexibility index (Phi) is 7.28. The number of rotatable bonds is 6. The largest absolute Gasteiger partial charge is 0.495 e. The molecular formula is C17H16I2N2O3. The molecule has 0 fully saturated rings. The zero-order valence-corrected chi connectivity index (χ0v) is 17.5. The van der Waals surface area contributed by atoms with Gasteiger partial charge < -0.3 is 9.47 Å². The van der Waals surface area contributed by atoms with Gasteiger partial charge in [-0.2, -0.15) is 5.10 Å². The molecule has 24 heavy (non-hydrogen) atoms. The van der Waals surface area contributed by atoms with Gasteiger partial charge in [-0.1, -0.05) is 12.1 Å². The second kappa shape index (κ2) is 9.21. The number of halogens is 2. The molecule has 0 saturated heterocycles. The Morgan fingerprint density at radius 1 is 1.29 bits per heavy atom. The summed E-state index contributed by atoms with van der Waals surface area (Å²) in [7, 11) is 1.61.